The number of nitrogens with zero attached hydrogens (tertiary/aromatic N) is 2. The van der Waals surface area contributed by atoms with E-state index in [0.29, 0.717) is 5.56 Å². The topological polar surface area (TPSA) is 52.5 Å². The number of H-pyrrole nitrogens is 1. The Kier molecular flexibility index (Phi) is 2.33. The lowest BCUT2D eigenvalue weighted by Crippen LogP contribution is -1.80. The fourth-order valence-corrected chi connectivity index (χ4v) is 1.60. The minimum absolute atomic E-state index is 0.653. The van der Waals surface area contributed by atoms with Gasteiger partial charge in [-0.15, -0.1) is 0 Å². The molecule has 0 bridgehead atoms. The maximum atomic E-state index is 8.63. The molecule has 1 heterocycles. The van der Waals surface area contributed by atoms with Crippen molar-refractivity contribution in [3.05, 3.63) is 40.5 Å². The normalized spacial score (nSPS) is 9.71. The van der Waals surface area contributed by atoms with Crippen LogP contribution in [0.15, 0.2) is 34.9 Å². The predicted molar refractivity (Wildman–Crippen MR) is 56.4 cm³/mol. The first-order valence-corrected chi connectivity index (χ1v) is 4.80. The van der Waals surface area contributed by atoms with E-state index < -0.39 is 0 Å². The van der Waals surface area contributed by atoms with Crippen molar-refractivity contribution in [2.45, 2.75) is 0 Å². The standard InChI is InChI=1S/C10H6BrN3/c11-9-6-13-14-10(9)8-3-1-7(5-12)2-4-8/h1-4,6H,(H,13,14). The average molecular weight is 248 g/mol. The third kappa shape index (κ3) is 1.54. The van der Waals surface area contributed by atoms with Crippen LogP contribution < -0.4 is 0 Å². The quantitative estimate of drug-likeness (QED) is 0.843. The zero-order chi connectivity index (χ0) is 9.97. The van der Waals surface area contributed by atoms with Gasteiger partial charge in [0.05, 0.1) is 16.1 Å². The summed E-state index contributed by atoms with van der Waals surface area (Å²) in [5.41, 5.74) is 2.49. The molecule has 0 saturated heterocycles. The first kappa shape index (κ1) is 8.97. The van der Waals surface area contributed by atoms with Crippen molar-refractivity contribution in [3.63, 3.8) is 0 Å². The average Bonchev–Trinajstić information content (AvgIpc) is 2.65. The van der Waals surface area contributed by atoms with Crippen LogP contribution in [0.2, 0.25) is 0 Å². The van der Waals surface area contributed by atoms with Crippen LogP contribution in [0.4, 0.5) is 0 Å². The van der Waals surface area contributed by atoms with Gasteiger partial charge in [0.2, 0.25) is 0 Å². The summed E-state index contributed by atoms with van der Waals surface area (Å²) in [6.07, 6.45) is 1.77. The molecule has 3 nitrogen and oxygen atoms in total. The van der Waals surface area contributed by atoms with E-state index in [1.807, 2.05) is 12.1 Å². The summed E-state index contributed by atoms with van der Waals surface area (Å²) < 4.78 is 0.919. The number of rotatable bonds is 1. The van der Waals surface area contributed by atoms with Gasteiger partial charge in [0.25, 0.3) is 0 Å². The van der Waals surface area contributed by atoms with Crippen LogP contribution >= 0.6 is 15.9 Å². The van der Waals surface area contributed by atoms with Gasteiger partial charge < -0.3 is 0 Å². The number of nitriles is 1. The highest BCUT2D eigenvalue weighted by atomic mass is 79.9. The van der Waals surface area contributed by atoms with E-state index in [1.54, 1.807) is 18.3 Å². The van der Waals surface area contributed by atoms with E-state index in [4.69, 9.17) is 5.26 Å². The molecular formula is C10H6BrN3. The SMILES string of the molecule is N#Cc1ccc(-c2n[nH]cc2Br)cc1. The summed E-state index contributed by atoms with van der Waals surface area (Å²) >= 11 is 3.38. The lowest BCUT2D eigenvalue weighted by Gasteiger charge is -1.96. The highest BCUT2D eigenvalue weighted by molar-refractivity contribution is 9.10. The molecule has 68 valence electrons. The van der Waals surface area contributed by atoms with Gasteiger partial charge in [-0.25, -0.2) is 0 Å². The van der Waals surface area contributed by atoms with Crippen LogP contribution in [-0.4, -0.2) is 10.2 Å². The lowest BCUT2D eigenvalue weighted by molar-refractivity contribution is 1.10. The second kappa shape index (κ2) is 3.64. The molecule has 0 saturated carbocycles. The first-order valence-electron chi connectivity index (χ1n) is 4.01. The summed E-state index contributed by atoms with van der Waals surface area (Å²) in [5.74, 6) is 0. The van der Waals surface area contributed by atoms with E-state index in [9.17, 15) is 0 Å². The number of hydrogen-bond acceptors (Lipinski definition) is 2. The highest BCUT2D eigenvalue weighted by Crippen LogP contribution is 2.25. The Morgan fingerprint density at radius 1 is 1.29 bits per heavy atom. The van der Waals surface area contributed by atoms with Crippen LogP contribution in [0.25, 0.3) is 11.3 Å². The molecule has 4 heteroatoms. The molecule has 1 aromatic heterocycles. The minimum atomic E-state index is 0.653. The van der Waals surface area contributed by atoms with Gasteiger partial charge in [-0.2, -0.15) is 10.4 Å². The van der Waals surface area contributed by atoms with E-state index in [1.165, 1.54) is 0 Å². The zero-order valence-electron chi connectivity index (χ0n) is 7.16. The van der Waals surface area contributed by atoms with E-state index in [-0.39, 0.29) is 0 Å². The van der Waals surface area contributed by atoms with E-state index in [2.05, 4.69) is 32.2 Å². The maximum absolute atomic E-state index is 8.63. The first-order chi connectivity index (χ1) is 6.81. The third-order valence-electron chi connectivity index (χ3n) is 1.88. The summed E-state index contributed by atoms with van der Waals surface area (Å²) in [4.78, 5) is 0. The number of halogens is 1. The molecule has 0 aliphatic rings. The van der Waals surface area contributed by atoms with Crippen LogP contribution in [0.5, 0.6) is 0 Å². The summed E-state index contributed by atoms with van der Waals surface area (Å²) in [5, 5.41) is 15.5. The van der Waals surface area contributed by atoms with Crippen molar-refractivity contribution in [2.24, 2.45) is 0 Å². The van der Waals surface area contributed by atoms with Crippen LogP contribution in [0.1, 0.15) is 5.56 Å². The monoisotopic (exact) mass is 247 g/mol. The molecule has 0 aliphatic carbocycles. The van der Waals surface area contributed by atoms with Gasteiger partial charge in [0, 0.05) is 11.8 Å². The van der Waals surface area contributed by atoms with Gasteiger partial charge in [0.1, 0.15) is 5.69 Å². The maximum Gasteiger partial charge on any atom is 0.106 e. The Morgan fingerprint density at radius 2 is 2.00 bits per heavy atom. The van der Waals surface area contributed by atoms with Crippen molar-refractivity contribution in [1.29, 1.82) is 5.26 Å². The van der Waals surface area contributed by atoms with Gasteiger partial charge in [-0.05, 0) is 28.1 Å². The Morgan fingerprint density at radius 3 is 2.50 bits per heavy atom. The van der Waals surface area contributed by atoms with Gasteiger partial charge >= 0.3 is 0 Å². The predicted octanol–water partition coefficient (Wildman–Crippen LogP) is 2.71. The molecule has 0 radical (unpaired) electrons. The van der Waals surface area contributed by atoms with Gasteiger partial charge in [0.15, 0.2) is 0 Å². The molecule has 0 amide bonds. The molecule has 1 N–H and O–H groups in total. The third-order valence-corrected chi connectivity index (χ3v) is 2.49. The molecule has 0 fully saturated rings. The number of hydrogen-bond donors (Lipinski definition) is 1. The molecule has 0 unspecified atom stereocenters. The fraction of sp³-hybridized carbons (Fsp3) is 0. The van der Waals surface area contributed by atoms with Gasteiger partial charge in [-0.1, -0.05) is 12.1 Å². The number of nitrogens with one attached hydrogen (secondary N) is 1. The smallest absolute Gasteiger partial charge is 0.106 e. The minimum Gasteiger partial charge on any atom is -0.284 e. The van der Waals surface area contributed by atoms with Crippen molar-refractivity contribution < 1.29 is 0 Å². The number of aromatic amines is 1. The summed E-state index contributed by atoms with van der Waals surface area (Å²) in [7, 11) is 0. The number of benzene rings is 1. The Bertz CT molecular complexity index is 479. The molecule has 2 rings (SSSR count). The highest BCUT2D eigenvalue weighted by Gasteiger charge is 2.04. The largest absolute Gasteiger partial charge is 0.284 e. The summed E-state index contributed by atoms with van der Waals surface area (Å²) in [6.45, 7) is 0. The molecule has 0 spiro atoms. The molecule has 0 atom stereocenters. The molecule has 14 heavy (non-hydrogen) atoms. The van der Waals surface area contributed by atoms with Gasteiger partial charge in [-0.3, -0.25) is 5.10 Å². The summed E-state index contributed by atoms with van der Waals surface area (Å²) in [6, 6.07) is 9.37. The fourth-order valence-electron chi connectivity index (χ4n) is 1.18. The van der Waals surface area contributed by atoms with Crippen LogP contribution in [-0.2, 0) is 0 Å². The second-order valence-electron chi connectivity index (χ2n) is 2.77. The van der Waals surface area contributed by atoms with Crippen molar-refractivity contribution in [3.8, 4) is 17.3 Å². The Labute approximate surface area is 89.5 Å². The van der Waals surface area contributed by atoms with E-state index >= 15 is 0 Å². The zero-order valence-corrected chi connectivity index (χ0v) is 8.75. The molecule has 0 aliphatic heterocycles. The Balaban J connectivity index is 2.45. The van der Waals surface area contributed by atoms with Crippen LogP contribution in [0.3, 0.4) is 0 Å². The van der Waals surface area contributed by atoms with E-state index in [0.717, 1.165) is 15.7 Å². The molecular weight excluding hydrogens is 242 g/mol. The van der Waals surface area contributed by atoms with Crippen molar-refractivity contribution >= 4 is 15.9 Å². The van der Waals surface area contributed by atoms with Crippen LogP contribution in [0, 0.1) is 11.3 Å². The second-order valence-corrected chi connectivity index (χ2v) is 3.63. The Hall–Kier alpha value is -1.60. The molecule has 1 aromatic carbocycles. The lowest BCUT2D eigenvalue weighted by atomic mass is 10.1. The molecule has 2 aromatic rings. The van der Waals surface area contributed by atoms with Crippen molar-refractivity contribution in [1.82, 2.24) is 10.2 Å². The van der Waals surface area contributed by atoms with Crippen molar-refractivity contribution in [2.75, 3.05) is 0 Å². The number of aromatic nitrogens is 2.